The van der Waals surface area contributed by atoms with E-state index in [0.29, 0.717) is 17.3 Å². The van der Waals surface area contributed by atoms with Crippen molar-refractivity contribution in [2.24, 2.45) is 0 Å². The number of benzene rings is 1. The quantitative estimate of drug-likeness (QED) is 0.930. The van der Waals surface area contributed by atoms with Crippen LogP contribution in [0.4, 0.5) is 5.69 Å². The third-order valence-corrected chi connectivity index (χ3v) is 3.17. The molecule has 0 radical (unpaired) electrons. The van der Waals surface area contributed by atoms with Crippen LogP contribution < -0.4 is 5.32 Å². The molecule has 0 saturated heterocycles. The zero-order chi connectivity index (χ0) is 13.0. The van der Waals surface area contributed by atoms with E-state index in [1.54, 1.807) is 12.3 Å². The molecule has 0 unspecified atom stereocenters. The van der Waals surface area contributed by atoms with Crippen LogP contribution in [0.15, 0.2) is 41.0 Å². The van der Waals surface area contributed by atoms with E-state index in [4.69, 9.17) is 16.9 Å². The molecular weight excluding hydrogens is 314 g/mol. The molecule has 0 fully saturated rings. The summed E-state index contributed by atoms with van der Waals surface area (Å²) < 4.78 is 0.960. The summed E-state index contributed by atoms with van der Waals surface area (Å²) in [5, 5.41) is 12.6. The number of hydrogen-bond donors (Lipinski definition) is 1. The first-order valence-corrected chi connectivity index (χ1v) is 6.40. The molecule has 1 aromatic heterocycles. The predicted molar refractivity (Wildman–Crippen MR) is 75.4 cm³/mol. The lowest BCUT2D eigenvalue weighted by Gasteiger charge is -2.09. The normalized spacial score (nSPS) is 9.83. The Bertz CT molecular complexity index is 607. The first-order chi connectivity index (χ1) is 8.69. The molecule has 0 aliphatic heterocycles. The lowest BCUT2D eigenvalue weighted by atomic mass is 10.2. The maximum atomic E-state index is 8.77. The topological polar surface area (TPSA) is 48.7 Å². The van der Waals surface area contributed by atoms with Crippen LogP contribution in [0.2, 0.25) is 5.02 Å². The van der Waals surface area contributed by atoms with Gasteiger partial charge in [0.15, 0.2) is 0 Å². The second-order valence-corrected chi connectivity index (χ2v) is 4.96. The molecule has 2 rings (SSSR count). The highest BCUT2D eigenvalue weighted by Gasteiger charge is 2.01. The molecule has 90 valence electrons. The molecule has 0 bridgehead atoms. The van der Waals surface area contributed by atoms with Gasteiger partial charge in [0.05, 0.1) is 10.7 Å². The number of hydrogen-bond acceptors (Lipinski definition) is 3. The second-order valence-electron chi connectivity index (χ2n) is 3.64. The first-order valence-electron chi connectivity index (χ1n) is 5.23. The summed E-state index contributed by atoms with van der Waals surface area (Å²) in [6, 6.07) is 11.2. The molecule has 0 saturated carbocycles. The molecule has 3 nitrogen and oxygen atoms in total. The molecular formula is C13H9BrClN3. The Morgan fingerprint density at radius 2 is 2.17 bits per heavy atom. The van der Waals surface area contributed by atoms with E-state index >= 15 is 0 Å². The molecule has 1 N–H and O–H groups in total. The van der Waals surface area contributed by atoms with Crippen molar-refractivity contribution in [3.05, 3.63) is 57.3 Å². The van der Waals surface area contributed by atoms with E-state index in [1.165, 1.54) is 0 Å². The van der Waals surface area contributed by atoms with Crippen molar-refractivity contribution in [3.8, 4) is 6.07 Å². The smallest absolute Gasteiger partial charge is 0.140 e. The SMILES string of the molecule is N#Cc1cc(CNc2cc(Br)ccc2Cl)ccn1. The van der Waals surface area contributed by atoms with Crippen LogP contribution in [-0.2, 0) is 6.54 Å². The fraction of sp³-hybridized carbons (Fsp3) is 0.0769. The second kappa shape index (κ2) is 5.85. The summed E-state index contributed by atoms with van der Waals surface area (Å²) in [6.07, 6.45) is 1.62. The molecule has 2 aromatic rings. The maximum Gasteiger partial charge on any atom is 0.140 e. The van der Waals surface area contributed by atoms with Crippen LogP contribution in [0.5, 0.6) is 0 Å². The van der Waals surface area contributed by atoms with Crippen LogP contribution in [0.1, 0.15) is 11.3 Å². The van der Waals surface area contributed by atoms with Gasteiger partial charge in [0.25, 0.3) is 0 Å². The maximum absolute atomic E-state index is 8.77. The molecule has 18 heavy (non-hydrogen) atoms. The predicted octanol–water partition coefficient (Wildman–Crippen LogP) is 3.98. The summed E-state index contributed by atoms with van der Waals surface area (Å²) in [5.74, 6) is 0. The van der Waals surface area contributed by atoms with Gasteiger partial charge >= 0.3 is 0 Å². The third kappa shape index (κ3) is 3.22. The number of rotatable bonds is 3. The fourth-order valence-corrected chi connectivity index (χ4v) is 2.02. The van der Waals surface area contributed by atoms with Crippen molar-refractivity contribution < 1.29 is 0 Å². The van der Waals surface area contributed by atoms with Crippen LogP contribution in [0.25, 0.3) is 0 Å². The Morgan fingerprint density at radius 1 is 1.33 bits per heavy atom. The highest BCUT2D eigenvalue weighted by atomic mass is 79.9. The Kier molecular flexibility index (Phi) is 4.19. The number of pyridine rings is 1. The number of halogens is 2. The summed E-state index contributed by atoms with van der Waals surface area (Å²) in [5.41, 5.74) is 2.24. The standard InChI is InChI=1S/C13H9BrClN3/c14-10-1-2-12(15)13(6-10)18-8-9-3-4-17-11(5-9)7-16/h1-6,18H,8H2. The van der Waals surface area contributed by atoms with Crippen LogP contribution in [0.3, 0.4) is 0 Å². The first kappa shape index (κ1) is 12.9. The molecule has 5 heteroatoms. The summed E-state index contributed by atoms with van der Waals surface area (Å²) in [6.45, 7) is 0.591. The van der Waals surface area contributed by atoms with E-state index in [2.05, 4.69) is 26.2 Å². The zero-order valence-corrected chi connectivity index (χ0v) is 11.7. The van der Waals surface area contributed by atoms with Crippen molar-refractivity contribution in [1.82, 2.24) is 4.98 Å². The van der Waals surface area contributed by atoms with Gasteiger partial charge in [-0.1, -0.05) is 27.5 Å². The number of anilines is 1. The van der Waals surface area contributed by atoms with Gasteiger partial charge in [-0.25, -0.2) is 4.98 Å². The Hall–Kier alpha value is -1.57. The van der Waals surface area contributed by atoms with Gasteiger partial charge in [-0.2, -0.15) is 5.26 Å². The number of aromatic nitrogens is 1. The summed E-state index contributed by atoms with van der Waals surface area (Å²) in [4.78, 5) is 3.92. The van der Waals surface area contributed by atoms with Gasteiger partial charge in [0, 0.05) is 17.2 Å². The highest BCUT2D eigenvalue weighted by Crippen LogP contribution is 2.26. The van der Waals surface area contributed by atoms with Gasteiger partial charge in [-0.15, -0.1) is 0 Å². The van der Waals surface area contributed by atoms with Crippen LogP contribution in [0, 0.1) is 11.3 Å². The largest absolute Gasteiger partial charge is 0.380 e. The third-order valence-electron chi connectivity index (χ3n) is 2.35. The van der Waals surface area contributed by atoms with Crippen molar-refractivity contribution in [1.29, 1.82) is 5.26 Å². The van der Waals surface area contributed by atoms with E-state index in [-0.39, 0.29) is 0 Å². The molecule has 0 aliphatic carbocycles. The Labute approximate surface area is 119 Å². The van der Waals surface area contributed by atoms with Gasteiger partial charge in [-0.05, 0) is 35.9 Å². The highest BCUT2D eigenvalue weighted by molar-refractivity contribution is 9.10. The van der Waals surface area contributed by atoms with Crippen molar-refractivity contribution in [2.75, 3.05) is 5.32 Å². The number of nitrogens with zero attached hydrogens (tertiary/aromatic N) is 2. The van der Waals surface area contributed by atoms with Gasteiger partial charge in [0.2, 0.25) is 0 Å². The van der Waals surface area contributed by atoms with Crippen molar-refractivity contribution >= 4 is 33.2 Å². The van der Waals surface area contributed by atoms with Crippen LogP contribution >= 0.6 is 27.5 Å². The minimum Gasteiger partial charge on any atom is -0.380 e. The monoisotopic (exact) mass is 321 g/mol. The minimum atomic E-state index is 0.412. The van der Waals surface area contributed by atoms with Gasteiger partial charge < -0.3 is 5.32 Å². The zero-order valence-electron chi connectivity index (χ0n) is 9.32. The molecule has 1 aromatic carbocycles. The molecule has 0 aliphatic rings. The van der Waals surface area contributed by atoms with E-state index in [9.17, 15) is 0 Å². The van der Waals surface area contributed by atoms with Crippen LogP contribution in [-0.4, -0.2) is 4.98 Å². The van der Waals surface area contributed by atoms with Crippen molar-refractivity contribution in [2.45, 2.75) is 6.54 Å². The molecule has 0 spiro atoms. The van der Waals surface area contributed by atoms with Crippen molar-refractivity contribution in [3.63, 3.8) is 0 Å². The fourth-order valence-electron chi connectivity index (χ4n) is 1.48. The number of nitriles is 1. The average Bonchev–Trinajstić information content (AvgIpc) is 2.40. The van der Waals surface area contributed by atoms with E-state index in [1.807, 2.05) is 30.3 Å². The molecule has 0 atom stereocenters. The summed E-state index contributed by atoms with van der Waals surface area (Å²) >= 11 is 9.47. The van der Waals surface area contributed by atoms with Gasteiger partial charge in [0.1, 0.15) is 11.8 Å². The van der Waals surface area contributed by atoms with E-state index < -0.39 is 0 Å². The Morgan fingerprint density at radius 3 is 2.94 bits per heavy atom. The lowest BCUT2D eigenvalue weighted by Crippen LogP contribution is -2.00. The molecule has 1 heterocycles. The Balaban J connectivity index is 2.11. The molecule has 0 amide bonds. The minimum absolute atomic E-state index is 0.412. The van der Waals surface area contributed by atoms with Gasteiger partial charge in [-0.3, -0.25) is 0 Å². The lowest BCUT2D eigenvalue weighted by molar-refractivity contribution is 1.11. The average molecular weight is 323 g/mol. The summed E-state index contributed by atoms with van der Waals surface area (Å²) in [7, 11) is 0. The number of nitrogens with one attached hydrogen (secondary N) is 1. The van der Waals surface area contributed by atoms with E-state index in [0.717, 1.165) is 15.7 Å².